The van der Waals surface area contributed by atoms with Gasteiger partial charge in [0.2, 0.25) is 11.8 Å². The van der Waals surface area contributed by atoms with E-state index in [0.29, 0.717) is 17.1 Å². The average molecular weight is 325 g/mol. The number of rotatable bonds is 4. The minimum absolute atomic E-state index is 0.273. The van der Waals surface area contributed by atoms with Crippen LogP contribution in [0.4, 0.5) is 5.95 Å². The summed E-state index contributed by atoms with van der Waals surface area (Å²) in [6, 6.07) is 0. The molecule has 4 atom stereocenters. The van der Waals surface area contributed by atoms with E-state index in [1.807, 2.05) is 0 Å². The number of fused-ring (bicyclic) bond motifs is 1. The quantitative estimate of drug-likeness (QED) is 0.551. The third kappa shape index (κ3) is 2.30. The zero-order valence-electron chi connectivity index (χ0n) is 13.0. The first-order valence-corrected chi connectivity index (χ1v) is 7.07. The van der Waals surface area contributed by atoms with Crippen molar-refractivity contribution >= 4 is 17.1 Å². The molecule has 0 saturated carbocycles. The van der Waals surface area contributed by atoms with Crippen molar-refractivity contribution in [2.45, 2.75) is 31.0 Å². The molecule has 4 N–H and O–H groups in total. The predicted molar refractivity (Wildman–Crippen MR) is 79.0 cm³/mol. The summed E-state index contributed by atoms with van der Waals surface area (Å²) in [5.41, 5.74) is -0.857. The lowest BCUT2D eigenvalue weighted by molar-refractivity contribution is -0.0950. The fourth-order valence-corrected chi connectivity index (χ4v) is 2.71. The normalized spacial score (nSPS) is 30.8. The smallest absolute Gasteiger partial charge is 0.246 e. The summed E-state index contributed by atoms with van der Waals surface area (Å²) in [5, 5.41) is 32.8. The van der Waals surface area contributed by atoms with Gasteiger partial charge < -0.3 is 30.1 Å². The molecule has 2 aromatic rings. The highest BCUT2D eigenvalue weighted by Crippen LogP contribution is 2.39. The number of aliphatic hydroxyl groups excluding tert-OH is 2. The SMILES string of the molecule is CNc1nc(OC)c2ncn(C3OC(CO)C(O)C3(C)O)c2n1. The number of ether oxygens (including phenoxy) is 2. The van der Waals surface area contributed by atoms with E-state index in [1.165, 1.54) is 24.9 Å². The van der Waals surface area contributed by atoms with Gasteiger partial charge in [-0.2, -0.15) is 9.97 Å². The lowest BCUT2D eigenvalue weighted by Crippen LogP contribution is -2.44. The maximum Gasteiger partial charge on any atom is 0.246 e. The van der Waals surface area contributed by atoms with Crippen LogP contribution in [0.3, 0.4) is 0 Å². The van der Waals surface area contributed by atoms with Gasteiger partial charge in [0.1, 0.15) is 17.8 Å². The Hall–Kier alpha value is -2.01. The first-order chi connectivity index (χ1) is 10.9. The van der Waals surface area contributed by atoms with Gasteiger partial charge in [-0.15, -0.1) is 0 Å². The minimum Gasteiger partial charge on any atom is -0.479 e. The van der Waals surface area contributed by atoms with Gasteiger partial charge >= 0.3 is 0 Å². The molecule has 0 radical (unpaired) electrons. The Kier molecular flexibility index (Phi) is 3.84. The summed E-state index contributed by atoms with van der Waals surface area (Å²) >= 11 is 0. The molecule has 3 heterocycles. The zero-order valence-corrected chi connectivity index (χ0v) is 13.0. The molecule has 126 valence electrons. The lowest BCUT2D eigenvalue weighted by atomic mass is 9.96. The van der Waals surface area contributed by atoms with Crippen LogP contribution in [-0.2, 0) is 4.74 Å². The van der Waals surface area contributed by atoms with Crippen molar-refractivity contribution < 1.29 is 24.8 Å². The van der Waals surface area contributed by atoms with Crippen LogP contribution in [-0.4, -0.2) is 73.4 Å². The Morgan fingerprint density at radius 1 is 1.48 bits per heavy atom. The summed E-state index contributed by atoms with van der Waals surface area (Å²) in [4.78, 5) is 12.7. The third-order valence-electron chi connectivity index (χ3n) is 3.99. The molecule has 0 bridgehead atoms. The van der Waals surface area contributed by atoms with E-state index in [4.69, 9.17) is 9.47 Å². The van der Waals surface area contributed by atoms with Crippen LogP contribution in [0.1, 0.15) is 13.2 Å². The van der Waals surface area contributed by atoms with Gasteiger partial charge in [-0.05, 0) is 6.92 Å². The molecule has 1 aliphatic rings. The van der Waals surface area contributed by atoms with Gasteiger partial charge in [-0.25, -0.2) is 4.98 Å². The van der Waals surface area contributed by atoms with Crippen LogP contribution in [0.15, 0.2) is 6.33 Å². The predicted octanol–water partition coefficient (Wildman–Crippen LogP) is -1.12. The topological polar surface area (TPSA) is 135 Å². The van der Waals surface area contributed by atoms with Crippen LogP contribution in [0, 0.1) is 0 Å². The van der Waals surface area contributed by atoms with E-state index < -0.39 is 30.6 Å². The first kappa shape index (κ1) is 15.9. The van der Waals surface area contributed by atoms with Crippen molar-refractivity contribution in [1.29, 1.82) is 0 Å². The number of nitrogens with zero attached hydrogens (tertiary/aromatic N) is 4. The van der Waals surface area contributed by atoms with Gasteiger partial charge in [0.25, 0.3) is 0 Å². The molecular formula is C13H19N5O5. The standard InChI is InChI=1S/C13H19N5O5/c1-13(21)8(20)6(4-19)23-11(13)18-5-15-7-9(18)16-12(14-2)17-10(7)22-3/h5-6,8,11,19-21H,4H2,1-3H3,(H,14,16,17). The summed E-state index contributed by atoms with van der Waals surface area (Å²) < 4.78 is 12.3. The van der Waals surface area contributed by atoms with Gasteiger partial charge in [-0.1, -0.05) is 0 Å². The summed E-state index contributed by atoms with van der Waals surface area (Å²) in [7, 11) is 3.13. The highest BCUT2D eigenvalue weighted by Gasteiger charge is 2.53. The second kappa shape index (κ2) is 5.57. The van der Waals surface area contributed by atoms with Crippen molar-refractivity contribution in [3.8, 4) is 5.88 Å². The Morgan fingerprint density at radius 3 is 2.78 bits per heavy atom. The molecule has 10 heteroatoms. The molecule has 10 nitrogen and oxygen atoms in total. The molecule has 1 aliphatic heterocycles. The van der Waals surface area contributed by atoms with E-state index in [1.54, 1.807) is 7.05 Å². The number of anilines is 1. The maximum atomic E-state index is 10.6. The van der Waals surface area contributed by atoms with E-state index in [0.717, 1.165) is 0 Å². The number of hydrogen-bond donors (Lipinski definition) is 4. The lowest BCUT2D eigenvalue weighted by Gasteiger charge is -2.27. The van der Waals surface area contributed by atoms with Crippen molar-refractivity contribution in [3.63, 3.8) is 0 Å². The summed E-state index contributed by atoms with van der Waals surface area (Å²) in [6.07, 6.45) is -1.70. The van der Waals surface area contributed by atoms with E-state index in [2.05, 4.69) is 20.3 Å². The highest BCUT2D eigenvalue weighted by molar-refractivity contribution is 5.77. The Balaban J connectivity index is 2.13. The summed E-state index contributed by atoms with van der Waals surface area (Å²) in [5.74, 6) is 0.586. The molecule has 3 rings (SSSR count). The molecule has 2 aromatic heterocycles. The number of nitrogens with one attached hydrogen (secondary N) is 1. The zero-order chi connectivity index (χ0) is 16.8. The van der Waals surface area contributed by atoms with Gasteiger partial charge in [0.15, 0.2) is 17.4 Å². The van der Waals surface area contributed by atoms with Gasteiger partial charge in [0.05, 0.1) is 20.0 Å². The molecule has 0 spiro atoms. The monoisotopic (exact) mass is 325 g/mol. The molecule has 23 heavy (non-hydrogen) atoms. The first-order valence-electron chi connectivity index (χ1n) is 7.07. The van der Waals surface area contributed by atoms with E-state index in [-0.39, 0.29) is 5.88 Å². The number of methoxy groups -OCH3 is 1. The molecule has 0 aliphatic carbocycles. The van der Waals surface area contributed by atoms with Gasteiger partial charge in [-0.3, -0.25) is 4.57 Å². The average Bonchev–Trinajstić information content (AvgIpc) is 3.06. The molecule has 0 amide bonds. The van der Waals surface area contributed by atoms with E-state index >= 15 is 0 Å². The van der Waals surface area contributed by atoms with Crippen LogP contribution in [0.2, 0.25) is 0 Å². The molecular weight excluding hydrogens is 306 g/mol. The number of aromatic nitrogens is 4. The second-order valence-corrected chi connectivity index (χ2v) is 5.51. The summed E-state index contributed by atoms with van der Waals surface area (Å²) in [6.45, 7) is 1.02. The van der Waals surface area contributed by atoms with E-state index in [9.17, 15) is 15.3 Å². The van der Waals surface area contributed by atoms with Crippen molar-refractivity contribution in [3.05, 3.63) is 6.33 Å². The Labute approximate surface area is 131 Å². The largest absolute Gasteiger partial charge is 0.479 e. The van der Waals surface area contributed by atoms with Crippen LogP contribution in [0.25, 0.3) is 11.2 Å². The molecule has 1 saturated heterocycles. The highest BCUT2D eigenvalue weighted by atomic mass is 16.6. The van der Waals surface area contributed by atoms with Gasteiger partial charge in [0, 0.05) is 7.05 Å². The molecule has 0 aromatic carbocycles. The minimum atomic E-state index is -1.63. The van der Waals surface area contributed by atoms with Crippen LogP contribution in [0.5, 0.6) is 5.88 Å². The third-order valence-corrected chi connectivity index (χ3v) is 3.99. The Morgan fingerprint density at radius 2 is 2.22 bits per heavy atom. The number of aliphatic hydroxyl groups is 3. The number of imidazole rings is 1. The Bertz CT molecular complexity index is 718. The fraction of sp³-hybridized carbons (Fsp3) is 0.615. The second-order valence-electron chi connectivity index (χ2n) is 5.51. The van der Waals surface area contributed by atoms with Crippen LogP contribution >= 0.6 is 0 Å². The van der Waals surface area contributed by atoms with Crippen molar-refractivity contribution in [2.24, 2.45) is 0 Å². The fourth-order valence-electron chi connectivity index (χ4n) is 2.71. The van der Waals surface area contributed by atoms with Crippen molar-refractivity contribution in [1.82, 2.24) is 19.5 Å². The number of hydrogen-bond acceptors (Lipinski definition) is 9. The molecule has 1 fully saturated rings. The van der Waals surface area contributed by atoms with Crippen LogP contribution < -0.4 is 10.1 Å². The maximum absolute atomic E-state index is 10.6. The van der Waals surface area contributed by atoms with Crippen molar-refractivity contribution in [2.75, 3.05) is 26.1 Å². The molecule has 4 unspecified atom stereocenters.